The molecule has 0 amide bonds. The Bertz CT molecular complexity index is 467. The zero-order valence-corrected chi connectivity index (χ0v) is 8.95. The highest BCUT2D eigenvalue weighted by Crippen LogP contribution is 2.42. The molecule has 0 bridgehead atoms. The molecule has 0 aliphatic heterocycles. The Kier molecular flexibility index (Phi) is 3.34. The molecule has 0 fully saturated rings. The van der Waals surface area contributed by atoms with Crippen molar-refractivity contribution in [3.8, 4) is 0 Å². The summed E-state index contributed by atoms with van der Waals surface area (Å²) in [5.41, 5.74) is 0.766. The maximum Gasteiger partial charge on any atom is 0.443 e. The Morgan fingerprint density at radius 3 is 2.06 bits per heavy atom. The van der Waals surface area contributed by atoms with Crippen LogP contribution in [0, 0.1) is 0 Å². The second-order valence-electron chi connectivity index (χ2n) is 3.14. The molecule has 1 rings (SSSR count). The first-order valence-electron chi connectivity index (χ1n) is 4.03. The predicted molar refractivity (Wildman–Crippen MR) is 46.7 cm³/mol. The lowest BCUT2D eigenvalue weighted by Gasteiger charge is -2.25. The largest absolute Gasteiger partial charge is 0.479 e. The molecule has 0 radical (unpaired) electrons. The van der Waals surface area contributed by atoms with Gasteiger partial charge in [0.05, 0.1) is 4.88 Å². The van der Waals surface area contributed by atoms with Crippen molar-refractivity contribution >= 4 is 17.3 Å². The molecule has 3 N–H and O–H groups in total. The fourth-order valence-corrected chi connectivity index (χ4v) is 1.85. The monoisotopic (exact) mass is 294 g/mol. The summed E-state index contributed by atoms with van der Waals surface area (Å²) in [5.74, 6) is -2.51. The van der Waals surface area contributed by atoms with Crippen molar-refractivity contribution in [1.82, 2.24) is 4.98 Å². The minimum atomic E-state index is -5.45. The van der Waals surface area contributed by atoms with Crippen LogP contribution in [0.5, 0.6) is 0 Å². The summed E-state index contributed by atoms with van der Waals surface area (Å²) in [6, 6.07) is 0. The average molecular weight is 294 g/mol. The number of alkyl halides is 6. The van der Waals surface area contributed by atoms with E-state index in [0.29, 0.717) is 0 Å². The van der Waals surface area contributed by atoms with E-state index in [9.17, 15) is 31.1 Å². The molecule has 1 heterocycles. The van der Waals surface area contributed by atoms with E-state index in [-0.39, 0.29) is 6.20 Å². The summed E-state index contributed by atoms with van der Waals surface area (Å²) in [5, 5.41) is 6.89. The fraction of sp³-hybridized carbons (Fsp3) is 0.429. The minimum Gasteiger partial charge on any atom is -0.479 e. The number of aliphatic carboxylic acids is 1. The van der Waals surface area contributed by atoms with Crippen LogP contribution in [0.3, 0.4) is 0 Å². The summed E-state index contributed by atoms with van der Waals surface area (Å²) in [4.78, 5) is 12.0. The number of carboxylic acids is 1. The molecular formula is C7H4F6N2O2S. The van der Waals surface area contributed by atoms with Crippen LogP contribution in [0.2, 0.25) is 0 Å². The lowest BCUT2D eigenvalue weighted by Crippen LogP contribution is -2.56. The molecule has 0 aromatic carbocycles. The van der Waals surface area contributed by atoms with E-state index in [1.54, 1.807) is 0 Å². The van der Waals surface area contributed by atoms with Crippen LogP contribution in [-0.2, 0) is 16.5 Å². The number of nitrogens with zero attached hydrogens (tertiary/aromatic N) is 1. The Morgan fingerprint density at radius 1 is 1.28 bits per heavy atom. The van der Waals surface area contributed by atoms with Gasteiger partial charge in [0, 0.05) is 6.20 Å². The van der Waals surface area contributed by atoms with Gasteiger partial charge in [-0.15, -0.1) is 11.3 Å². The summed E-state index contributed by atoms with van der Waals surface area (Å²) < 4.78 is 74.1. The van der Waals surface area contributed by atoms with Crippen LogP contribution < -0.4 is 5.73 Å². The molecule has 0 spiro atoms. The first-order valence-corrected chi connectivity index (χ1v) is 4.85. The lowest BCUT2D eigenvalue weighted by molar-refractivity contribution is -0.204. The van der Waals surface area contributed by atoms with E-state index >= 15 is 0 Å². The third-order valence-corrected chi connectivity index (χ3v) is 3.10. The number of rotatable bonds is 2. The minimum absolute atomic E-state index is 0.162. The number of aromatic nitrogens is 1. The number of nitrogens with two attached hydrogens (primary N) is 1. The van der Waals surface area contributed by atoms with E-state index in [1.807, 2.05) is 0 Å². The van der Waals surface area contributed by atoms with Crippen LogP contribution in [0.4, 0.5) is 26.3 Å². The smallest absolute Gasteiger partial charge is 0.443 e. The van der Waals surface area contributed by atoms with Gasteiger partial charge in [-0.3, -0.25) is 0 Å². The van der Waals surface area contributed by atoms with Gasteiger partial charge in [-0.05, 0) is 0 Å². The zero-order valence-electron chi connectivity index (χ0n) is 8.13. The molecular weight excluding hydrogens is 290 g/mol. The van der Waals surface area contributed by atoms with Crippen molar-refractivity contribution in [2.75, 3.05) is 0 Å². The van der Waals surface area contributed by atoms with Gasteiger partial charge in [-0.1, -0.05) is 0 Å². The topological polar surface area (TPSA) is 76.2 Å². The van der Waals surface area contributed by atoms with Gasteiger partial charge < -0.3 is 10.8 Å². The second kappa shape index (κ2) is 4.09. The SMILES string of the molecule is NC(C(=O)O)(c1cnc(C(F)(F)F)s1)C(F)(F)F. The molecule has 0 saturated heterocycles. The maximum atomic E-state index is 12.5. The van der Waals surface area contributed by atoms with Crippen molar-refractivity contribution < 1.29 is 36.2 Å². The quantitative estimate of drug-likeness (QED) is 0.818. The zero-order chi connectivity index (χ0) is 14.4. The Labute approximate surface area is 99.0 Å². The van der Waals surface area contributed by atoms with Gasteiger partial charge in [-0.2, -0.15) is 26.3 Å². The van der Waals surface area contributed by atoms with E-state index in [2.05, 4.69) is 10.7 Å². The molecule has 0 saturated carbocycles. The van der Waals surface area contributed by atoms with Crippen LogP contribution in [0.15, 0.2) is 6.20 Å². The second-order valence-corrected chi connectivity index (χ2v) is 4.17. The Hall–Kier alpha value is -1.36. The summed E-state index contributed by atoms with van der Waals surface area (Å²) >= 11 is -0.460. The van der Waals surface area contributed by atoms with Crippen LogP contribution in [0.25, 0.3) is 0 Å². The highest BCUT2D eigenvalue weighted by molar-refractivity contribution is 7.12. The van der Waals surface area contributed by atoms with Gasteiger partial charge in [0.25, 0.3) is 0 Å². The Balaban J connectivity index is 3.34. The van der Waals surface area contributed by atoms with Gasteiger partial charge in [0.1, 0.15) is 0 Å². The van der Waals surface area contributed by atoms with E-state index in [4.69, 9.17) is 5.11 Å². The van der Waals surface area contributed by atoms with Crippen molar-refractivity contribution in [2.45, 2.75) is 17.9 Å². The number of carbonyl (C=O) groups is 1. The molecule has 1 unspecified atom stereocenters. The molecule has 0 aliphatic carbocycles. The number of hydrogen-bond acceptors (Lipinski definition) is 4. The van der Waals surface area contributed by atoms with E-state index in [0.717, 1.165) is 0 Å². The number of thiazole rings is 1. The van der Waals surface area contributed by atoms with Gasteiger partial charge in [-0.25, -0.2) is 9.78 Å². The first-order chi connectivity index (χ1) is 7.90. The molecule has 4 nitrogen and oxygen atoms in total. The standard InChI is InChI=1S/C7H4F6N2O2S/c8-6(9,10)3-15-1-2(18-3)5(14,4(16)17)7(11,12)13/h1H,14H2,(H,16,17). The van der Waals surface area contributed by atoms with Gasteiger partial charge in [0.2, 0.25) is 5.54 Å². The highest BCUT2D eigenvalue weighted by atomic mass is 32.1. The third-order valence-electron chi connectivity index (χ3n) is 1.92. The molecule has 1 aromatic heterocycles. The first kappa shape index (κ1) is 14.7. The molecule has 1 atom stereocenters. The molecule has 18 heavy (non-hydrogen) atoms. The average Bonchev–Trinajstić information content (AvgIpc) is 2.62. The van der Waals surface area contributed by atoms with Crippen molar-refractivity contribution in [3.63, 3.8) is 0 Å². The van der Waals surface area contributed by atoms with Crippen LogP contribution in [-0.4, -0.2) is 22.2 Å². The van der Waals surface area contributed by atoms with Crippen molar-refractivity contribution in [2.24, 2.45) is 5.73 Å². The third kappa shape index (κ3) is 2.27. The molecule has 11 heteroatoms. The fourth-order valence-electron chi connectivity index (χ4n) is 0.954. The number of carboxylic acid groups (broad SMARTS) is 1. The maximum absolute atomic E-state index is 12.5. The van der Waals surface area contributed by atoms with E-state index in [1.165, 1.54) is 0 Å². The summed E-state index contributed by atoms with van der Waals surface area (Å²) in [6.07, 6.45) is -10.3. The summed E-state index contributed by atoms with van der Waals surface area (Å²) in [7, 11) is 0. The molecule has 1 aromatic rings. The van der Waals surface area contributed by atoms with E-state index < -0.39 is 45.1 Å². The van der Waals surface area contributed by atoms with Crippen LogP contribution in [0.1, 0.15) is 9.88 Å². The van der Waals surface area contributed by atoms with Gasteiger partial charge >= 0.3 is 18.3 Å². The van der Waals surface area contributed by atoms with Crippen molar-refractivity contribution in [3.05, 3.63) is 16.1 Å². The molecule has 0 aliphatic rings. The van der Waals surface area contributed by atoms with Crippen LogP contribution >= 0.6 is 11.3 Å². The lowest BCUT2D eigenvalue weighted by atomic mass is 9.99. The number of halogens is 6. The van der Waals surface area contributed by atoms with Gasteiger partial charge in [0.15, 0.2) is 5.01 Å². The normalized spacial score (nSPS) is 16.4. The van der Waals surface area contributed by atoms with Crippen molar-refractivity contribution in [1.29, 1.82) is 0 Å². The predicted octanol–water partition coefficient (Wildman–Crippen LogP) is 1.96. The number of hydrogen-bond donors (Lipinski definition) is 2. The highest BCUT2D eigenvalue weighted by Gasteiger charge is 2.61. The Morgan fingerprint density at radius 2 is 1.78 bits per heavy atom. The summed E-state index contributed by atoms with van der Waals surface area (Å²) in [6.45, 7) is 0. The molecule has 102 valence electrons.